The number of Topliss-reactive ketones (excluding diaryl/α,β-unsaturated/α-hetero) is 2. The van der Waals surface area contributed by atoms with Gasteiger partial charge < -0.3 is 0 Å². The largest absolute Gasteiger partial charge is 0.297 e. The molecule has 0 radical (unpaired) electrons. The van der Waals surface area contributed by atoms with Gasteiger partial charge in [0.05, 0.1) is 5.39 Å². The van der Waals surface area contributed by atoms with Crippen LogP contribution < -0.4 is 5.56 Å². The highest BCUT2D eigenvalue weighted by atomic mass is 32.1. The fraction of sp³-hybridized carbons (Fsp3) is 0.429. The van der Waals surface area contributed by atoms with Gasteiger partial charge in [-0.15, -0.1) is 11.3 Å². The highest BCUT2D eigenvalue weighted by Gasteiger charge is 2.26. The second-order valence-corrected chi connectivity index (χ2v) is 6.12. The first kappa shape index (κ1) is 14.6. The number of aromatic nitrogens is 2. The quantitative estimate of drug-likeness (QED) is 0.812. The second-order valence-electron chi connectivity index (χ2n) is 4.92. The van der Waals surface area contributed by atoms with Gasteiger partial charge >= 0.3 is 0 Å². The van der Waals surface area contributed by atoms with Gasteiger partial charge in [-0.1, -0.05) is 0 Å². The molecule has 0 saturated heterocycles. The zero-order valence-electron chi connectivity index (χ0n) is 12.1. The fourth-order valence-corrected chi connectivity index (χ4v) is 3.43. The minimum atomic E-state index is -1.08. The Morgan fingerprint density at radius 1 is 1.15 bits per heavy atom. The van der Waals surface area contributed by atoms with E-state index in [0.29, 0.717) is 16.0 Å². The lowest BCUT2D eigenvalue weighted by Crippen LogP contribution is -2.35. The van der Waals surface area contributed by atoms with Gasteiger partial charge in [0.1, 0.15) is 10.7 Å². The average Bonchev–Trinajstić information content (AvgIpc) is 2.59. The van der Waals surface area contributed by atoms with Crippen molar-refractivity contribution in [1.82, 2.24) is 9.55 Å². The summed E-state index contributed by atoms with van der Waals surface area (Å²) in [5.41, 5.74) is 0.548. The zero-order chi connectivity index (χ0) is 15.2. The van der Waals surface area contributed by atoms with Crippen molar-refractivity contribution >= 4 is 33.1 Å². The molecule has 0 aliphatic carbocycles. The predicted molar refractivity (Wildman–Crippen MR) is 78.5 cm³/mol. The predicted octanol–water partition coefficient (Wildman–Crippen LogP) is 2.10. The van der Waals surface area contributed by atoms with Crippen molar-refractivity contribution in [1.29, 1.82) is 0 Å². The van der Waals surface area contributed by atoms with Crippen LogP contribution in [0.25, 0.3) is 10.2 Å². The number of aryl methyl sites for hydroxylation is 3. The average molecular weight is 292 g/mol. The molecule has 0 N–H and O–H groups in total. The number of thiophene rings is 1. The van der Waals surface area contributed by atoms with Crippen LogP contribution in [0.15, 0.2) is 4.79 Å². The molecule has 2 heterocycles. The minimum absolute atomic E-state index is 0.315. The summed E-state index contributed by atoms with van der Waals surface area (Å²) in [6, 6.07) is -1.08. The van der Waals surface area contributed by atoms with Crippen molar-refractivity contribution in [2.24, 2.45) is 0 Å². The number of nitrogens with zero attached hydrogens (tertiary/aromatic N) is 2. The topological polar surface area (TPSA) is 69.0 Å². The molecule has 2 aromatic rings. The molecule has 0 amide bonds. The second kappa shape index (κ2) is 4.94. The molecule has 0 atom stereocenters. The van der Waals surface area contributed by atoms with Gasteiger partial charge in [-0.2, -0.15) is 0 Å². The summed E-state index contributed by atoms with van der Waals surface area (Å²) in [6.45, 7) is 8.05. The molecule has 5 nitrogen and oxygen atoms in total. The number of rotatable bonds is 3. The van der Waals surface area contributed by atoms with Crippen LogP contribution in [-0.4, -0.2) is 21.1 Å². The van der Waals surface area contributed by atoms with E-state index in [9.17, 15) is 14.4 Å². The third-order valence-electron chi connectivity index (χ3n) is 3.44. The Bertz CT molecular complexity index is 772. The van der Waals surface area contributed by atoms with Crippen LogP contribution in [0.2, 0.25) is 0 Å². The molecule has 0 unspecified atom stereocenters. The van der Waals surface area contributed by atoms with E-state index in [0.717, 1.165) is 10.4 Å². The summed E-state index contributed by atoms with van der Waals surface area (Å²) >= 11 is 1.45. The summed E-state index contributed by atoms with van der Waals surface area (Å²) in [6.07, 6.45) is 0. The van der Waals surface area contributed by atoms with Crippen LogP contribution in [0, 0.1) is 20.8 Å². The molecule has 0 fully saturated rings. The smallest absolute Gasteiger partial charge is 0.263 e. The molecular formula is C14H16N2O3S. The summed E-state index contributed by atoms with van der Waals surface area (Å²) in [4.78, 5) is 42.1. The monoisotopic (exact) mass is 292 g/mol. The van der Waals surface area contributed by atoms with Crippen LogP contribution >= 0.6 is 11.3 Å². The third-order valence-corrected chi connectivity index (χ3v) is 4.54. The molecule has 0 saturated carbocycles. The molecular weight excluding hydrogens is 276 g/mol. The molecule has 2 rings (SSSR count). The molecule has 0 spiro atoms. The van der Waals surface area contributed by atoms with Gasteiger partial charge in [0.2, 0.25) is 0 Å². The Morgan fingerprint density at radius 2 is 1.70 bits per heavy atom. The van der Waals surface area contributed by atoms with E-state index in [4.69, 9.17) is 0 Å². The SMILES string of the molecule is CC(=O)C(C(C)=O)n1c(C)nc2sc(C)c(C)c2c1=O. The van der Waals surface area contributed by atoms with Crippen LogP contribution in [0.3, 0.4) is 0 Å². The molecule has 0 aromatic carbocycles. The van der Waals surface area contributed by atoms with E-state index in [1.54, 1.807) is 6.92 Å². The van der Waals surface area contributed by atoms with Crippen molar-refractivity contribution in [2.45, 2.75) is 40.7 Å². The van der Waals surface area contributed by atoms with Gasteiger partial charge in [0.25, 0.3) is 5.56 Å². The van der Waals surface area contributed by atoms with Gasteiger partial charge in [-0.3, -0.25) is 19.0 Å². The fourth-order valence-electron chi connectivity index (χ4n) is 2.36. The van der Waals surface area contributed by atoms with Crippen LogP contribution in [-0.2, 0) is 9.59 Å². The maximum absolute atomic E-state index is 12.7. The summed E-state index contributed by atoms with van der Waals surface area (Å²) in [5, 5.41) is 0.505. The van der Waals surface area contributed by atoms with Crippen molar-refractivity contribution in [3.63, 3.8) is 0 Å². The van der Waals surface area contributed by atoms with E-state index >= 15 is 0 Å². The Morgan fingerprint density at radius 3 is 2.20 bits per heavy atom. The van der Waals surface area contributed by atoms with E-state index in [1.807, 2.05) is 13.8 Å². The van der Waals surface area contributed by atoms with Crippen molar-refractivity contribution in [3.05, 3.63) is 26.6 Å². The zero-order valence-corrected chi connectivity index (χ0v) is 12.9. The van der Waals surface area contributed by atoms with Gasteiger partial charge in [-0.05, 0) is 40.2 Å². The Balaban J connectivity index is 2.90. The van der Waals surface area contributed by atoms with Gasteiger partial charge in [0, 0.05) is 4.88 Å². The first-order valence-electron chi connectivity index (χ1n) is 6.25. The van der Waals surface area contributed by atoms with Crippen LogP contribution in [0.4, 0.5) is 0 Å². The van der Waals surface area contributed by atoms with E-state index in [-0.39, 0.29) is 17.1 Å². The third kappa shape index (κ3) is 2.10. The first-order chi connectivity index (χ1) is 9.25. The van der Waals surface area contributed by atoms with Crippen molar-refractivity contribution < 1.29 is 9.59 Å². The standard InChI is InChI=1S/C14H16N2O3S/c1-6-9(4)20-13-11(6)14(19)16(10(5)15-13)12(7(2)17)8(3)18/h12H,1-5H3. The van der Waals surface area contributed by atoms with Crippen molar-refractivity contribution in [3.8, 4) is 0 Å². The highest BCUT2D eigenvalue weighted by molar-refractivity contribution is 7.18. The summed E-state index contributed by atoms with van der Waals surface area (Å²) < 4.78 is 1.21. The maximum atomic E-state index is 12.7. The number of carbonyl (C=O) groups excluding carboxylic acids is 2. The Labute approximate surface area is 120 Å². The van der Waals surface area contributed by atoms with E-state index in [1.165, 1.54) is 29.8 Å². The Hall–Kier alpha value is -1.82. The van der Waals surface area contributed by atoms with Gasteiger partial charge in [-0.25, -0.2) is 4.98 Å². The Kier molecular flexibility index (Phi) is 3.60. The molecule has 0 aliphatic rings. The molecule has 106 valence electrons. The van der Waals surface area contributed by atoms with E-state index in [2.05, 4.69) is 4.98 Å². The van der Waals surface area contributed by atoms with Crippen LogP contribution in [0.1, 0.15) is 36.2 Å². The maximum Gasteiger partial charge on any atom is 0.263 e. The highest BCUT2D eigenvalue weighted by Crippen LogP contribution is 2.27. The number of carbonyl (C=O) groups is 2. The normalized spacial score (nSPS) is 11.3. The minimum Gasteiger partial charge on any atom is -0.297 e. The number of hydrogen-bond donors (Lipinski definition) is 0. The van der Waals surface area contributed by atoms with E-state index < -0.39 is 6.04 Å². The number of fused-ring (bicyclic) bond motifs is 1. The van der Waals surface area contributed by atoms with Crippen LogP contribution in [0.5, 0.6) is 0 Å². The van der Waals surface area contributed by atoms with Crippen molar-refractivity contribution in [2.75, 3.05) is 0 Å². The molecule has 20 heavy (non-hydrogen) atoms. The number of ketones is 2. The lowest BCUT2D eigenvalue weighted by atomic mass is 10.1. The number of hydrogen-bond acceptors (Lipinski definition) is 5. The molecule has 2 aromatic heterocycles. The molecule has 0 aliphatic heterocycles. The van der Waals surface area contributed by atoms with Gasteiger partial charge in [0.15, 0.2) is 17.6 Å². The molecule has 6 heteroatoms. The molecule has 0 bridgehead atoms. The summed E-state index contributed by atoms with van der Waals surface area (Å²) in [5.74, 6) is -0.318. The summed E-state index contributed by atoms with van der Waals surface area (Å²) in [7, 11) is 0. The lowest BCUT2D eigenvalue weighted by molar-refractivity contribution is -0.129. The first-order valence-corrected chi connectivity index (χ1v) is 7.07. The lowest BCUT2D eigenvalue weighted by Gasteiger charge is -2.16.